The highest BCUT2D eigenvalue weighted by Gasteiger charge is 2.14. The normalized spacial score (nSPS) is 16.1. The number of quaternary nitrogens is 1. The molecule has 2 N–H and O–H groups in total. The molecule has 0 saturated carbocycles. The Labute approximate surface area is 51.9 Å². The molecule has 0 aliphatic rings. The van der Waals surface area contributed by atoms with Crippen molar-refractivity contribution in [1.82, 2.24) is 0 Å². The molecular formula is C6H16N2+. The summed E-state index contributed by atoms with van der Waals surface area (Å²) in [5, 5.41) is 0. The zero-order valence-electron chi connectivity index (χ0n) is 6.02. The standard InChI is InChI=1S/C6H16N2/c1-5-6(7)8(2,3)4/h6H,1,5,7H2,2-4H3/q+1. The van der Waals surface area contributed by atoms with Crippen molar-refractivity contribution >= 4 is 0 Å². The molecule has 0 aromatic rings. The third-order valence-electron chi connectivity index (χ3n) is 1.29. The minimum Gasteiger partial charge on any atom is -0.316 e. The monoisotopic (exact) mass is 116 g/mol. The molecule has 0 rings (SSSR count). The number of hydrogen-bond donors (Lipinski definition) is 1. The summed E-state index contributed by atoms with van der Waals surface area (Å²) in [6, 6.07) is 0. The highest BCUT2D eigenvalue weighted by molar-refractivity contribution is 4.47. The van der Waals surface area contributed by atoms with Gasteiger partial charge in [-0.15, -0.1) is 0 Å². The molecule has 2 nitrogen and oxygen atoms in total. The summed E-state index contributed by atoms with van der Waals surface area (Å²) < 4.78 is 0.795. The van der Waals surface area contributed by atoms with E-state index in [1.165, 1.54) is 0 Å². The van der Waals surface area contributed by atoms with Gasteiger partial charge in [-0.1, -0.05) is 0 Å². The van der Waals surface area contributed by atoms with E-state index in [4.69, 9.17) is 5.73 Å². The van der Waals surface area contributed by atoms with Crippen molar-refractivity contribution in [2.24, 2.45) is 5.73 Å². The predicted molar refractivity (Wildman–Crippen MR) is 36.0 cm³/mol. The van der Waals surface area contributed by atoms with Gasteiger partial charge < -0.3 is 4.48 Å². The Hall–Kier alpha value is -0.0800. The zero-order valence-corrected chi connectivity index (χ0v) is 6.02. The molecule has 0 amide bonds. The fourth-order valence-corrected chi connectivity index (χ4v) is 0.387. The third-order valence-corrected chi connectivity index (χ3v) is 1.29. The maximum atomic E-state index is 5.66. The fraction of sp³-hybridized carbons (Fsp3) is 0.833. The van der Waals surface area contributed by atoms with Crippen molar-refractivity contribution in [3.05, 3.63) is 6.92 Å². The molecular weight excluding hydrogens is 100 g/mol. The lowest BCUT2D eigenvalue weighted by atomic mass is 10.3. The maximum Gasteiger partial charge on any atom is 0.139 e. The van der Waals surface area contributed by atoms with Crippen molar-refractivity contribution in [1.29, 1.82) is 0 Å². The smallest absolute Gasteiger partial charge is 0.139 e. The highest BCUT2D eigenvalue weighted by Crippen LogP contribution is 1.98. The molecule has 0 saturated heterocycles. The molecule has 1 atom stereocenters. The van der Waals surface area contributed by atoms with Crippen LogP contribution in [0.4, 0.5) is 0 Å². The topological polar surface area (TPSA) is 26.0 Å². The Bertz CT molecular complexity index is 63.4. The van der Waals surface area contributed by atoms with Crippen molar-refractivity contribution in [3.8, 4) is 0 Å². The summed E-state index contributed by atoms with van der Waals surface area (Å²) in [5.41, 5.74) is 5.66. The van der Waals surface area contributed by atoms with Crippen molar-refractivity contribution in [3.63, 3.8) is 0 Å². The Balaban J connectivity index is 3.62. The molecule has 2 heteroatoms. The van der Waals surface area contributed by atoms with Crippen LogP contribution in [0.5, 0.6) is 0 Å². The van der Waals surface area contributed by atoms with Crippen molar-refractivity contribution in [2.75, 3.05) is 21.1 Å². The van der Waals surface area contributed by atoms with Gasteiger partial charge in [-0.3, -0.25) is 5.73 Å². The van der Waals surface area contributed by atoms with Crippen molar-refractivity contribution < 1.29 is 4.48 Å². The van der Waals surface area contributed by atoms with Gasteiger partial charge >= 0.3 is 0 Å². The molecule has 0 bridgehead atoms. The second-order valence-electron chi connectivity index (χ2n) is 2.97. The van der Waals surface area contributed by atoms with Gasteiger partial charge in [0, 0.05) is 6.42 Å². The number of nitrogens with zero attached hydrogens (tertiary/aromatic N) is 1. The Morgan fingerprint density at radius 1 is 1.50 bits per heavy atom. The lowest BCUT2D eigenvalue weighted by Crippen LogP contribution is -2.50. The first-order valence-corrected chi connectivity index (χ1v) is 2.84. The lowest BCUT2D eigenvalue weighted by Gasteiger charge is -2.30. The summed E-state index contributed by atoms with van der Waals surface area (Å²) in [4.78, 5) is 0. The van der Waals surface area contributed by atoms with E-state index in [0.717, 1.165) is 10.9 Å². The summed E-state index contributed by atoms with van der Waals surface area (Å²) in [5.74, 6) is 0. The van der Waals surface area contributed by atoms with Crippen LogP contribution in [0.25, 0.3) is 0 Å². The van der Waals surface area contributed by atoms with Crippen LogP contribution >= 0.6 is 0 Å². The molecule has 49 valence electrons. The maximum absolute atomic E-state index is 5.66. The first-order chi connectivity index (χ1) is 3.48. The van der Waals surface area contributed by atoms with Gasteiger partial charge in [-0.05, 0) is 6.92 Å². The van der Waals surface area contributed by atoms with Crippen LogP contribution in [0, 0.1) is 6.92 Å². The van der Waals surface area contributed by atoms with Gasteiger partial charge in [0.25, 0.3) is 0 Å². The zero-order chi connectivity index (χ0) is 6.78. The Morgan fingerprint density at radius 2 is 1.88 bits per heavy atom. The Morgan fingerprint density at radius 3 is 1.88 bits per heavy atom. The largest absolute Gasteiger partial charge is 0.316 e. The van der Waals surface area contributed by atoms with Gasteiger partial charge in [-0.2, -0.15) is 0 Å². The van der Waals surface area contributed by atoms with E-state index in [0.29, 0.717) is 0 Å². The summed E-state index contributed by atoms with van der Waals surface area (Å²) in [6.45, 7) is 3.71. The minimum absolute atomic E-state index is 0.176. The molecule has 8 heavy (non-hydrogen) atoms. The second kappa shape index (κ2) is 2.46. The molecule has 0 aliphatic carbocycles. The van der Waals surface area contributed by atoms with Crippen LogP contribution in [0.15, 0.2) is 0 Å². The third kappa shape index (κ3) is 2.28. The second-order valence-corrected chi connectivity index (χ2v) is 2.97. The van der Waals surface area contributed by atoms with E-state index in [2.05, 4.69) is 28.1 Å². The average molecular weight is 116 g/mol. The molecule has 0 spiro atoms. The highest BCUT2D eigenvalue weighted by atomic mass is 15.4. The number of hydrogen-bond acceptors (Lipinski definition) is 1. The van der Waals surface area contributed by atoms with E-state index in [-0.39, 0.29) is 6.17 Å². The lowest BCUT2D eigenvalue weighted by molar-refractivity contribution is -0.895. The van der Waals surface area contributed by atoms with Gasteiger partial charge in [-0.25, -0.2) is 0 Å². The van der Waals surface area contributed by atoms with E-state index >= 15 is 0 Å². The minimum atomic E-state index is 0.176. The Kier molecular flexibility index (Phi) is 2.44. The molecule has 0 heterocycles. The SMILES string of the molecule is [CH2]CC(N)[N+](C)(C)C. The first-order valence-electron chi connectivity index (χ1n) is 2.84. The number of rotatable bonds is 2. The summed E-state index contributed by atoms with van der Waals surface area (Å²) >= 11 is 0. The van der Waals surface area contributed by atoms with Crippen LogP contribution < -0.4 is 5.73 Å². The first kappa shape index (κ1) is 7.92. The molecule has 0 aromatic carbocycles. The van der Waals surface area contributed by atoms with E-state index in [9.17, 15) is 0 Å². The molecule has 1 radical (unpaired) electrons. The average Bonchev–Trinajstić information content (AvgIpc) is 1.62. The van der Waals surface area contributed by atoms with E-state index in [1.54, 1.807) is 0 Å². The van der Waals surface area contributed by atoms with Crippen LogP contribution in [0.2, 0.25) is 0 Å². The fourth-order valence-electron chi connectivity index (χ4n) is 0.387. The quantitative estimate of drug-likeness (QED) is 0.405. The van der Waals surface area contributed by atoms with Gasteiger partial charge in [0.05, 0.1) is 21.1 Å². The predicted octanol–water partition coefficient (Wildman–Crippen LogP) is 0.202. The van der Waals surface area contributed by atoms with Gasteiger partial charge in [0.1, 0.15) is 6.17 Å². The van der Waals surface area contributed by atoms with Crippen molar-refractivity contribution in [2.45, 2.75) is 12.6 Å². The van der Waals surface area contributed by atoms with Crippen LogP contribution in [0.1, 0.15) is 6.42 Å². The van der Waals surface area contributed by atoms with Crippen LogP contribution in [-0.2, 0) is 0 Å². The van der Waals surface area contributed by atoms with E-state index < -0.39 is 0 Å². The van der Waals surface area contributed by atoms with Crippen LogP contribution in [0.3, 0.4) is 0 Å². The van der Waals surface area contributed by atoms with Gasteiger partial charge in [0.2, 0.25) is 0 Å². The molecule has 1 unspecified atom stereocenters. The van der Waals surface area contributed by atoms with Crippen LogP contribution in [-0.4, -0.2) is 31.8 Å². The molecule has 0 aromatic heterocycles. The molecule has 0 fully saturated rings. The van der Waals surface area contributed by atoms with Gasteiger partial charge in [0.15, 0.2) is 0 Å². The summed E-state index contributed by atoms with van der Waals surface area (Å²) in [7, 11) is 6.20. The van der Waals surface area contributed by atoms with E-state index in [1.807, 2.05) is 0 Å². The summed E-state index contributed by atoms with van der Waals surface area (Å²) in [6.07, 6.45) is 0.971. The number of nitrogens with two attached hydrogens (primary N) is 1. The molecule has 0 aliphatic heterocycles.